The Hall–Kier alpha value is -1.10. The van der Waals surface area contributed by atoms with Crippen LogP contribution in [0.4, 0.5) is 0 Å². The molecule has 1 aliphatic rings. The fourth-order valence-corrected chi connectivity index (χ4v) is 1.80. The van der Waals surface area contributed by atoms with Gasteiger partial charge in [-0.3, -0.25) is 9.59 Å². The van der Waals surface area contributed by atoms with Gasteiger partial charge in [-0.15, -0.1) is 0 Å². The number of piperidine rings is 1. The van der Waals surface area contributed by atoms with Gasteiger partial charge >= 0.3 is 11.9 Å². The number of hydrogen-bond donors (Lipinski definition) is 1. The lowest BCUT2D eigenvalue weighted by molar-refractivity contribution is -0.158. The van der Waals surface area contributed by atoms with E-state index in [0.717, 1.165) is 6.54 Å². The van der Waals surface area contributed by atoms with Gasteiger partial charge in [-0.2, -0.15) is 0 Å². The van der Waals surface area contributed by atoms with E-state index in [9.17, 15) is 9.59 Å². The lowest BCUT2D eigenvalue weighted by Crippen LogP contribution is -2.45. The Kier molecular flexibility index (Phi) is 3.46. The Morgan fingerprint density at radius 1 is 1.43 bits per heavy atom. The second-order valence-corrected chi connectivity index (χ2v) is 3.63. The van der Waals surface area contributed by atoms with Crippen LogP contribution >= 0.6 is 0 Å². The van der Waals surface area contributed by atoms with E-state index < -0.39 is 23.8 Å². The van der Waals surface area contributed by atoms with Crippen LogP contribution in [0.1, 0.15) is 6.42 Å². The van der Waals surface area contributed by atoms with Crippen molar-refractivity contribution in [1.82, 2.24) is 4.90 Å². The quantitative estimate of drug-likeness (QED) is 0.627. The highest BCUT2D eigenvalue weighted by molar-refractivity contribution is 5.81. The van der Waals surface area contributed by atoms with Gasteiger partial charge in [0.15, 0.2) is 0 Å². The number of carbonyl (C=O) groups is 2. The first-order valence-electron chi connectivity index (χ1n) is 4.55. The highest BCUT2D eigenvalue weighted by Crippen LogP contribution is 2.24. The number of carbonyl (C=O) groups excluding carboxylic acids is 1. The van der Waals surface area contributed by atoms with E-state index in [1.54, 1.807) is 0 Å². The molecule has 1 fully saturated rings. The smallest absolute Gasteiger partial charge is 0.309 e. The molecule has 0 spiro atoms. The van der Waals surface area contributed by atoms with Gasteiger partial charge < -0.3 is 14.7 Å². The summed E-state index contributed by atoms with van der Waals surface area (Å²) in [7, 11) is 3.14. The van der Waals surface area contributed by atoms with Crippen molar-refractivity contribution in [1.29, 1.82) is 0 Å². The number of likely N-dealkylation sites (tertiary alicyclic amines) is 1. The maximum absolute atomic E-state index is 11.3. The van der Waals surface area contributed by atoms with Crippen molar-refractivity contribution in [2.45, 2.75) is 6.42 Å². The maximum atomic E-state index is 11.3. The molecule has 1 N–H and O–H groups in total. The number of nitrogens with zero attached hydrogens (tertiary/aromatic N) is 1. The van der Waals surface area contributed by atoms with Crippen molar-refractivity contribution < 1.29 is 19.4 Å². The van der Waals surface area contributed by atoms with E-state index in [2.05, 4.69) is 4.74 Å². The number of ether oxygens (including phenoxy) is 1. The van der Waals surface area contributed by atoms with Crippen molar-refractivity contribution >= 4 is 11.9 Å². The minimum atomic E-state index is -0.924. The van der Waals surface area contributed by atoms with Gasteiger partial charge in [-0.1, -0.05) is 0 Å². The molecule has 0 aliphatic carbocycles. The van der Waals surface area contributed by atoms with Crippen LogP contribution in [0.5, 0.6) is 0 Å². The summed E-state index contributed by atoms with van der Waals surface area (Å²) in [6.07, 6.45) is 0.556. The summed E-state index contributed by atoms with van der Waals surface area (Å²) >= 11 is 0. The van der Waals surface area contributed by atoms with Gasteiger partial charge in [-0.25, -0.2) is 0 Å². The molecule has 1 rings (SSSR count). The van der Waals surface area contributed by atoms with Crippen molar-refractivity contribution in [2.24, 2.45) is 11.8 Å². The van der Waals surface area contributed by atoms with Crippen LogP contribution in [0.25, 0.3) is 0 Å². The van der Waals surface area contributed by atoms with E-state index in [0.29, 0.717) is 13.0 Å². The SMILES string of the molecule is COC(=O)C1CCN(C)CC1C(=O)O. The van der Waals surface area contributed by atoms with Gasteiger partial charge in [0.2, 0.25) is 0 Å². The standard InChI is InChI=1S/C9H15NO4/c1-10-4-3-6(9(13)14-2)7(5-10)8(11)12/h6-7H,3-5H2,1-2H3,(H,11,12). The lowest BCUT2D eigenvalue weighted by Gasteiger charge is -2.32. The summed E-state index contributed by atoms with van der Waals surface area (Å²) in [5.74, 6) is -2.47. The van der Waals surface area contributed by atoms with Gasteiger partial charge in [-0.05, 0) is 20.0 Å². The molecule has 1 heterocycles. The van der Waals surface area contributed by atoms with Crippen LogP contribution in [0.2, 0.25) is 0 Å². The molecule has 5 heteroatoms. The molecule has 14 heavy (non-hydrogen) atoms. The minimum Gasteiger partial charge on any atom is -0.481 e. The first kappa shape index (κ1) is 11.0. The van der Waals surface area contributed by atoms with Crippen molar-refractivity contribution in [3.63, 3.8) is 0 Å². The van der Waals surface area contributed by atoms with Crippen molar-refractivity contribution in [2.75, 3.05) is 27.2 Å². The molecule has 2 unspecified atom stereocenters. The van der Waals surface area contributed by atoms with E-state index in [1.165, 1.54) is 7.11 Å². The number of methoxy groups -OCH3 is 1. The third-order valence-electron chi connectivity index (χ3n) is 2.64. The van der Waals surface area contributed by atoms with Gasteiger partial charge in [0.1, 0.15) is 0 Å². The first-order chi connectivity index (χ1) is 6.56. The molecule has 1 aliphatic heterocycles. The number of esters is 1. The average molecular weight is 201 g/mol. The highest BCUT2D eigenvalue weighted by Gasteiger charge is 2.38. The number of carboxylic acid groups (broad SMARTS) is 1. The Labute approximate surface area is 82.6 Å². The summed E-state index contributed by atoms with van der Waals surface area (Å²) in [5.41, 5.74) is 0. The van der Waals surface area contributed by atoms with Gasteiger partial charge in [0, 0.05) is 6.54 Å². The summed E-state index contributed by atoms with van der Waals surface area (Å²) in [6.45, 7) is 1.15. The fraction of sp³-hybridized carbons (Fsp3) is 0.778. The number of aliphatic carboxylic acids is 1. The van der Waals surface area contributed by atoms with Crippen molar-refractivity contribution in [3.05, 3.63) is 0 Å². The fourth-order valence-electron chi connectivity index (χ4n) is 1.80. The lowest BCUT2D eigenvalue weighted by atomic mass is 9.86. The molecule has 80 valence electrons. The van der Waals surface area contributed by atoms with Crippen LogP contribution < -0.4 is 0 Å². The van der Waals surface area contributed by atoms with Gasteiger partial charge in [0.05, 0.1) is 18.9 Å². The monoisotopic (exact) mass is 201 g/mol. The molecule has 0 saturated carbocycles. The molecule has 0 amide bonds. The summed E-state index contributed by atoms with van der Waals surface area (Å²) < 4.78 is 4.58. The zero-order chi connectivity index (χ0) is 10.7. The van der Waals surface area contributed by atoms with Gasteiger partial charge in [0.25, 0.3) is 0 Å². The average Bonchev–Trinajstić information content (AvgIpc) is 2.16. The Bertz CT molecular complexity index is 241. The van der Waals surface area contributed by atoms with Crippen LogP contribution in [-0.4, -0.2) is 49.2 Å². The third kappa shape index (κ3) is 2.23. The maximum Gasteiger partial charge on any atom is 0.309 e. The normalized spacial score (nSPS) is 28.4. The molecule has 5 nitrogen and oxygen atoms in total. The molecule has 0 radical (unpaired) electrons. The van der Waals surface area contributed by atoms with Crippen LogP contribution in [0.3, 0.4) is 0 Å². The molecule has 0 aromatic heterocycles. The first-order valence-corrected chi connectivity index (χ1v) is 4.55. The highest BCUT2D eigenvalue weighted by atomic mass is 16.5. The minimum absolute atomic E-state index is 0.412. The molecule has 2 atom stereocenters. The predicted molar refractivity (Wildman–Crippen MR) is 48.7 cm³/mol. The molecular weight excluding hydrogens is 186 g/mol. The number of rotatable bonds is 2. The molecule has 0 aromatic carbocycles. The van der Waals surface area contributed by atoms with E-state index in [4.69, 9.17) is 5.11 Å². The Balaban J connectivity index is 2.72. The number of hydrogen-bond acceptors (Lipinski definition) is 4. The van der Waals surface area contributed by atoms with E-state index in [1.807, 2.05) is 11.9 Å². The Morgan fingerprint density at radius 3 is 2.57 bits per heavy atom. The summed E-state index contributed by atoms with van der Waals surface area (Å²) in [6, 6.07) is 0. The summed E-state index contributed by atoms with van der Waals surface area (Å²) in [4.78, 5) is 24.1. The zero-order valence-electron chi connectivity index (χ0n) is 8.40. The second kappa shape index (κ2) is 4.41. The van der Waals surface area contributed by atoms with Crippen molar-refractivity contribution in [3.8, 4) is 0 Å². The van der Waals surface area contributed by atoms with E-state index >= 15 is 0 Å². The van der Waals surface area contributed by atoms with Crippen LogP contribution in [0.15, 0.2) is 0 Å². The number of carboxylic acids is 1. The van der Waals surface area contributed by atoms with Crippen LogP contribution in [-0.2, 0) is 14.3 Å². The Morgan fingerprint density at radius 2 is 2.07 bits per heavy atom. The molecule has 0 bridgehead atoms. The van der Waals surface area contributed by atoms with Crippen LogP contribution in [0, 0.1) is 11.8 Å². The topological polar surface area (TPSA) is 66.8 Å². The summed E-state index contributed by atoms with van der Waals surface area (Å²) in [5, 5.41) is 8.94. The molecular formula is C9H15NO4. The molecule has 0 aromatic rings. The predicted octanol–water partition coefficient (Wildman–Crippen LogP) is -0.188. The zero-order valence-corrected chi connectivity index (χ0v) is 8.40. The molecule has 1 saturated heterocycles. The largest absolute Gasteiger partial charge is 0.481 e. The third-order valence-corrected chi connectivity index (χ3v) is 2.64. The van der Waals surface area contributed by atoms with E-state index in [-0.39, 0.29) is 0 Å². The second-order valence-electron chi connectivity index (χ2n) is 3.63.